The maximum absolute atomic E-state index is 10.5. The third-order valence-corrected chi connectivity index (χ3v) is 1.39. The zero-order valence-corrected chi connectivity index (χ0v) is 7.96. The summed E-state index contributed by atoms with van der Waals surface area (Å²) < 4.78 is 0. The molecule has 0 fully saturated rings. The van der Waals surface area contributed by atoms with Gasteiger partial charge in [0.1, 0.15) is 5.78 Å². The second-order valence-electron chi connectivity index (χ2n) is 3.46. The lowest BCUT2D eigenvalue weighted by Gasteiger charge is -2.11. The zero-order chi connectivity index (χ0) is 9.61. The summed E-state index contributed by atoms with van der Waals surface area (Å²) >= 11 is 0. The normalized spacial score (nSPS) is 10.0. The van der Waals surface area contributed by atoms with Crippen LogP contribution in [-0.2, 0) is 4.79 Å². The van der Waals surface area contributed by atoms with Crippen molar-refractivity contribution in [2.75, 3.05) is 0 Å². The van der Waals surface area contributed by atoms with Gasteiger partial charge in [0, 0.05) is 5.41 Å². The predicted octanol–water partition coefficient (Wildman–Crippen LogP) is 1.43. The second-order valence-corrected chi connectivity index (χ2v) is 3.46. The highest BCUT2D eigenvalue weighted by atomic mass is 16.1. The summed E-state index contributed by atoms with van der Waals surface area (Å²) in [5.74, 6) is 0.243. The molecule has 0 atom stereocenters. The molecule has 0 saturated carbocycles. The zero-order valence-electron chi connectivity index (χ0n) is 7.96. The van der Waals surface area contributed by atoms with Gasteiger partial charge in [-0.3, -0.25) is 4.79 Å². The van der Waals surface area contributed by atoms with E-state index in [4.69, 9.17) is 0 Å². The Bertz CT molecular complexity index is 193. The molecule has 0 radical (unpaired) electrons. The van der Waals surface area contributed by atoms with E-state index >= 15 is 0 Å². The fraction of sp³-hybridized carbons (Fsp3) is 0.625. The number of hydrogen-bond acceptors (Lipinski definition) is 3. The molecule has 0 aliphatic carbocycles. The lowest BCUT2D eigenvalue weighted by Crippen LogP contribution is -2.15. The molecule has 12 heavy (non-hydrogen) atoms. The summed E-state index contributed by atoms with van der Waals surface area (Å²) in [6.07, 6.45) is 3.17. The molecule has 0 aliphatic heterocycles. The monoisotopic (exact) mass is 169 g/mol. The van der Waals surface area contributed by atoms with Gasteiger partial charge in [-0.25, -0.2) is 0 Å². The molecule has 0 bridgehead atoms. The third-order valence-electron chi connectivity index (χ3n) is 1.39. The molecule has 0 spiro atoms. The van der Waals surface area contributed by atoms with E-state index in [0.717, 1.165) is 0 Å². The van der Waals surface area contributed by atoms with Crippen LogP contribution < -0.4 is 0 Å². The van der Waals surface area contributed by atoms with Crippen LogP contribution in [0.3, 0.4) is 0 Å². The van der Waals surface area contributed by atoms with Gasteiger partial charge in [0.15, 0.2) is 0 Å². The van der Waals surface area contributed by atoms with E-state index in [-0.39, 0.29) is 11.2 Å². The number of carbonyl (C=O) groups excluding carboxylic acids is 1. The van der Waals surface area contributed by atoms with Crippen molar-refractivity contribution in [1.29, 1.82) is 0 Å². The highest BCUT2D eigenvalue weighted by Crippen LogP contribution is 2.12. The highest BCUT2D eigenvalue weighted by molar-refractivity contribution is 5.80. The molecule has 1 aromatic heterocycles. The van der Waals surface area contributed by atoms with Crippen molar-refractivity contribution < 1.29 is 4.79 Å². The topological polar surface area (TPSA) is 58.6 Å². The van der Waals surface area contributed by atoms with Crippen LogP contribution in [0.5, 0.6) is 0 Å². The largest absolute Gasteiger partial charge is 0.299 e. The molecule has 4 heteroatoms. The molecule has 0 aliphatic rings. The van der Waals surface area contributed by atoms with Gasteiger partial charge in [-0.1, -0.05) is 20.8 Å². The van der Waals surface area contributed by atoms with Gasteiger partial charge in [-0.2, -0.15) is 15.4 Å². The fourth-order valence-electron chi connectivity index (χ4n) is 0.167. The third kappa shape index (κ3) is 5.58. The number of hydrogen-bond donors (Lipinski definition) is 1. The maximum Gasteiger partial charge on any atom is 0.135 e. The van der Waals surface area contributed by atoms with Gasteiger partial charge in [-0.15, -0.1) is 0 Å². The molecule has 0 saturated heterocycles. The maximum atomic E-state index is 10.5. The molecule has 1 N–H and O–H groups in total. The number of ketones is 1. The molecule has 1 aromatic rings. The number of carbonyl (C=O) groups is 1. The van der Waals surface area contributed by atoms with E-state index in [1.807, 2.05) is 20.8 Å². The first-order valence-electron chi connectivity index (χ1n) is 3.75. The second kappa shape index (κ2) is 4.64. The predicted molar refractivity (Wildman–Crippen MR) is 46.5 cm³/mol. The Morgan fingerprint density at radius 3 is 1.67 bits per heavy atom. The number of aromatic amines is 1. The summed E-state index contributed by atoms with van der Waals surface area (Å²) in [6, 6.07) is 0. The van der Waals surface area contributed by atoms with Crippen LogP contribution >= 0.6 is 0 Å². The number of H-pyrrole nitrogens is 1. The molecule has 1 rings (SSSR count). The van der Waals surface area contributed by atoms with Crippen LogP contribution in [0.2, 0.25) is 0 Å². The van der Waals surface area contributed by atoms with E-state index in [1.165, 1.54) is 0 Å². The van der Waals surface area contributed by atoms with E-state index in [0.29, 0.717) is 0 Å². The average Bonchev–Trinajstić information content (AvgIpc) is 2.39. The minimum atomic E-state index is -0.139. The summed E-state index contributed by atoms with van der Waals surface area (Å²) in [5.41, 5.74) is -0.139. The van der Waals surface area contributed by atoms with Gasteiger partial charge in [0.2, 0.25) is 0 Å². The summed E-state index contributed by atoms with van der Waals surface area (Å²) in [6.45, 7) is 7.35. The van der Waals surface area contributed by atoms with Crippen molar-refractivity contribution in [2.24, 2.45) is 5.41 Å². The van der Waals surface area contributed by atoms with Crippen LogP contribution in [0, 0.1) is 5.41 Å². The average molecular weight is 169 g/mol. The van der Waals surface area contributed by atoms with E-state index in [1.54, 1.807) is 19.3 Å². The van der Waals surface area contributed by atoms with Gasteiger partial charge in [0.05, 0.1) is 12.4 Å². The summed E-state index contributed by atoms with van der Waals surface area (Å²) in [5, 5.41) is 9.33. The smallest absolute Gasteiger partial charge is 0.135 e. The van der Waals surface area contributed by atoms with Crippen LogP contribution in [0.25, 0.3) is 0 Å². The first kappa shape index (κ1) is 10.8. The molecule has 1 heterocycles. The van der Waals surface area contributed by atoms with Crippen molar-refractivity contribution in [3.63, 3.8) is 0 Å². The van der Waals surface area contributed by atoms with Crippen molar-refractivity contribution in [1.82, 2.24) is 15.4 Å². The first-order chi connectivity index (χ1) is 5.44. The Balaban J connectivity index is 0.000000211. The SMILES string of the molecule is CC(=O)C(C)(C)C.c1cn[nH]n1. The van der Waals surface area contributed by atoms with Crippen molar-refractivity contribution in [2.45, 2.75) is 27.7 Å². The summed E-state index contributed by atoms with van der Waals surface area (Å²) in [7, 11) is 0. The first-order valence-corrected chi connectivity index (χ1v) is 3.75. The Labute approximate surface area is 72.4 Å². The van der Waals surface area contributed by atoms with Gasteiger partial charge in [-0.05, 0) is 6.92 Å². The van der Waals surface area contributed by atoms with Gasteiger partial charge >= 0.3 is 0 Å². The van der Waals surface area contributed by atoms with E-state index in [9.17, 15) is 4.79 Å². The van der Waals surface area contributed by atoms with Crippen molar-refractivity contribution in [3.05, 3.63) is 12.4 Å². The number of nitrogens with zero attached hydrogens (tertiary/aromatic N) is 2. The standard InChI is InChI=1S/C6H12O.C2H3N3/c1-5(7)6(2,3)4;1-2-4-5-3-1/h1-4H3;1-2H,(H,3,4,5). The Morgan fingerprint density at radius 2 is 1.58 bits per heavy atom. The molecule has 4 nitrogen and oxygen atoms in total. The lowest BCUT2D eigenvalue weighted by atomic mass is 9.92. The Hall–Kier alpha value is -1.19. The van der Waals surface area contributed by atoms with E-state index in [2.05, 4.69) is 15.4 Å². The van der Waals surface area contributed by atoms with E-state index < -0.39 is 0 Å². The van der Waals surface area contributed by atoms with Crippen LogP contribution in [0.4, 0.5) is 0 Å². The minimum Gasteiger partial charge on any atom is -0.299 e. The quantitative estimate of drug-likeness (QED) is 0.639. The van der Waals surface area contributed by atoms with Crippen molar-refractivity contribution >= 4 is 5.78 Å². The number of aromatic nitrogens is 3. The van der Waals surface area contributed by atoms with Crippen molar-refractivity contribution in [3.8, 4) is 0 Å². The highest BCUT2D eigenvalue weighted by Gasteiger charge is 2.14. The Kier molecular flexibility index (Phi) is 4.18. The minimum absolute atomic E-state index is 0.139. The van der Waals surface area contributed by atoms with Crippen LogP contribution in [0.1, 0.15) is 27.7 Å². The molecular formula is C8H15N3O. The molecule has 0 unspecified atom stereocenters. The van der Waals surface area contributed by atoms with Gasteiger partial charge in [0.25, 0.3) is 0 Å². The molecular weight excluding hydrogens is 154 g/mol. The lowest BCUT2D eigenvalue weighted by molar-refractivity contribution is -0.124. The number of Topliss-reactive ketones (excluding diaryl/α,β-unsaturated/α-hetero) is 1. The van der Waals surface area contributed by atoms with Crippen LogP contribution in [-0.4, -0.2) is 21.2 Å². The fourth-order valence-corrected chi connectivity index (χ4v) is 0.167. The Morgan fingerprint density at radius 1 is 1.25 bits per heavy atom. The van der Waals surface area contributed by atoms with Gasteiger partial charge < -0.3 is 0 Å². The number of nitrogens with one attached hydrogen (secondary N) is 1. The number of rotatable bonds is 0. The van der Waals surface area contributed by atoms with Crippen LogP contribution in [0.15, 0.2) is 12.4 Å². The molecule has 68 valence electrons. The molecule has 0 aromatic carbocycles. The molecule has 0 amide bonds. The summed E-state index contributed by atoms with van der Waals surface area (Å²) in [4.78, 5) is 10.5.